The van der Waals surface area contributed by atoms with Crippen molar-refractivity contribution in [2.45, 2.75) is 70.9 Å². The molecule has 1 aromatic heterocycles. The van der Waals surface area contributed by atoms with E-state index in [2.05, 4.69) is 28.6 Å². The first-order chi connectivity index (χ1) is 8.02. The van der Waals surface area contributed by atoms with Gasteiger partial charge in [0.2, 0.25) is 0 Å². The van der Waals surface area contributed by atoms with Crippen molar-refractivity contribution in [2.75, 3.05) is 0 Å². The number of hydrogen-bond donors (Lipinski definition) is 1. The van der Waals surface area contributed by atoms with Gasteiger partial charge in [-0.3, -0.25) is 0 Å². The summed E-state index contributed by atoms with van der Waals surface area (Å²) in [6.07, 6.45) is 6.95. The van der Waals surface area contributed by atoms with Gasteiger partial charge >= 0.3 is 0 Å². The predicted molar refractivity (Wildman–Crippen MR) is 68.9 cm³/mol. The minimum absolute atomic E-state index is 0.0512. The lowest BCUT2D eigenvalue weighted by atomic mass is 9.80. The normalized spacial score (nSPS) is 19.8. The van der Waals surface area contributed by atoms with Crippen LogP contribution in [0.5, 0.6) is 0 Å². The first-order valence-corrected chi connectivity index (χ1v) is 6.71. The third-order valence-electron chi connectivity index (χ3n) is 3.81. The van der Waals surface area contributed by atoms with Gasteiger partial charge in [0.05, 0.1) is 0 Å². The molecule has 1 aromatic rings. The van der Waals surface area contributed by atoms with Crippen LogP contribution in [0.1, 0.15) is 63.6 Å². The summed E-state index contributed by atoms with van der Waals surface area (Å²) in [7, 11) is 0. The fourth-order valence-electron chi connectivity index (χ4n) is 2.95. The van der Waals surface area contributed by atoms with Crippen molar-refractivity contribution in [3.8, 4) is 0 Å². The van der Waals surface area contributed by atoms with Crippen LogP contribution in [0.3, 0.4) is 0 Å². The average molecular weight is 236 g/mol. The molecule has 0 spiro atoms. The van der Waals surface area contributed by atoms with E-state index in [0.717, 1.165) is 30.9 Å². The summed E-state index contributed by atoms with van der Waals surface area (Å²) in [6, 6.07) is 0.409. The summed E-state index contributed by atoms with van der Waals surface area (Å²) in [5.74, 6) is 2.05. The van der Waals surface area contributed by atoms with Gasteiger partial charge in [0.1, 0.15) is 11.6 Å². The van der Waals surface area contributed by atoms with Crippen LogP contribution in [0.25, 0.3) is 0 Å². The smallest absolute Gasteiger partial charge is 0.135 e. The lowest BCUT2D eigenvalue weighted by Crippen LogP contribution is -2.44. The third kappa shape index (κ3) is 2.68. The Labute approximate surface area is 104 Å². The number of nitrogens with zero attached hydrogens (tertiary/aromatic N) is 3. The zero-order chi connectivity index (χ0) is 12.5. The Morgan fingerprint density at radius 2 is 1.88 bits per heavy atom. The molecule has 0 atom stereocenters. The minimum atomic E-state index is -0.0512. The quantitative estimate of drug-likeness (QED) is 0.876. The monoisotopic (exact) mass is 236 g/mol. The highest BCUT2D eigenvalue weighted by Gasteiger charge is 2.30. The van der Waals surface area contributed by atoms with E-state index in [1.54, 1.807) is 0 Å². The van der Waals surface area contributed by atoms with Gasteiger partial charge in [-0.2, -0.15) is 0 Å². The molecule has 4 heteroatoms. The van der Waals surface area contributed by atoms with Gasteiger partial charge in [0.15, 0.2) is 0 Å². The highest BCUT2D eigenvalue weighted by molar-refractivity contribution is 5.03. The second-order valence-electron chi connectivity index (χ2n) is 5.73. The lowest BCUT2D eigenvalue weighted by Gasteiger charge is -2.33. The van der Waals surface area contributed by atoms with Crippen LogP contribution < -0.4 is 5.73 Å². The van der Waals surface area contributed by atoms with Crippen LogP contribution in [0, 0.1) is 6.92 Å². The topological polar surface area (TPSA) is 56.7 Å². The van der Waals surface area contributed by atoms with Gasteiger partial charge in [0.25, 0.3) is 0 Å². The Morgan fingerprint density at radius 1 is 1.24 bits per heavy atom. The maximum Gasteiger partial charge on any atom is 0.135 e. The van der Waals surface area contributed by atoms with E-state index in [0.29, 0.717) is 6.04 Å². The van der Waals surface area contributed by atoms with E-state index in [4.69, 9.17) is 5.73 Å². The Balaban J connectivity index is 2.17. The Hall–Kier alpha value is -0.900. The number of rotatable bonds is 3. The molecule has 0 unspecified atom stereocenters. The number of nitrogens with two attached hydrogens (primary N) is 1. The van der Waals surface area contributed by atoms with Gasteiger partial charge < -0.3 is 10.3 Å². The second-order valence-corrected chi connectivity index (χ2v) is 5.73. The van der Waals surface area contributed by atoms with Crippen molar-refractivity contribution in [3.63, 3.8) is 0 Å². The van der Waals surface area contributed by atoms with Gasteiger partial charge in [0, 0.05) is 18.0 Å². The molecule has 0 bridgehead atoms. The largest absolute Gasteiger partial charge is 0.325 e. The van der Waals surface area contributed by atoms with Crippen LogP contribution >= 0.6 is 0 Å². The molecule has 0 amide bonds. The molecule has 96 valence electrons. The molecule has 1 fully saturated rings. The number of aromatic nitrogens is 3. The summed E-state index contributed by atoms with van der Waals surface area (Å²) in [5.41, 5.74) is 6.44. The zero-order valence-electron chi connectivity index (χ0n) is 11.2. The Kier molecular flexibility index (Phi) is 3.52. The maximum absolute atomic E-state index is 6.49. The van der Waals surface area contributed by atoms with Crippen LogP contribution in [0.4, 0.5) is 0 Å². The Morgan fingerprint density at radius 3 is 2.47 bits per heavy atom. The Bertz CT molecular complexity index is 375. The molecule has 4 nitrogen and oxygen atoms in total. The van der Waals surface area contributed by atoms with Crippen molar-refractivity contribution < 1.29 is 0 Å². The van der Waals surface area contributed by atoms with Crippen LogP contribution in [-0.4, -0.2) is 20.3 Å². The van der Waals surface area contributed by atoms with Gasteiger partial charge in [-0.1, -0.05) is 19.3 Å². The van der Waals surface area contributed by atoms with Crippen LogP contribution in [0.15, 0.2) is 0 Å². The zero-order valence-corrected chi connectivity index (χ0v) is 11.2. The van der Waals surface area contributed by atoms with Crippen LogP contribution in [-0.2, 0) is 6.42 Å². The predicted octanol–water partition coefficient (Wildman–Crippen LogP) is 2.37. The molecular formula is C13H24N4. The van der Waals surface area contributed by atoms with Gasteiger partial charge in [-0.25, -0.2) is 0 Å². The van der Waals surface area contributed by atoms with E-state index in [9.17, 15) is 0 Å². The fourth-order valence-corrected chi connectivity index (χ4v) is 2.95. The van der Waals surface area contributed by atoms with Gasteiger partial charge in [-0.05, 0) is 33.6 Å². The summed E-state index contributed by atoms with van der Waals surface area (Å²) >= 11 is 0. The first kappa shape index (κ1) is 12.6. The van der Waals surface area contributed by atoms with Crippen LogP contribution in [0.2, 0.25) is 0 Å². The molecule has 0 aromatic carbocycles. The van der Waals surface area contributed by atoms with Crippen molar-refractivity contribution >= 4 is 0 Å². The molecule has 1 aliphatic rings. The van der Waals surface area contributed by atoms with E-state index >= 15 is 0 Å². The van der Waals surface area contributed by atoms with Crippen molar-refractivity contribution in [1.29, 1.82) is 0 Å². The van der Waals surface area contributed by atoms with E-state index < -0.39 is 0 Å². The molecule has 1 heterocycles. The molecule has 0 aliphatic heterocycles. The lowest BCUT2D eigenvalue weighted by molar-refractivity contribution is 0.285. The summed E-state index contributed by atoms with van der Waals surface area (Å²) in [6.45, 7) is 6.36. The molecule has 2 N–H and O–H groups in total. The average Bonchev–Trinajstić information content (AvgIpc) is 2.60. The standard InChI is InChI=1S/C13H24N4/c1-10(2)17-11(3)15-16-12(17)9-13(14)7-5-4-6-8-13/h10H,4-9,14H2,1-3H3. The highest BCUT2D eigenvalue weighted by Crippen LogP contribution is 2.29. The van der Waals surface area contributed by atoms with Crippen molar-refractivity contribution in [1.82, 2.24) is 14.8 Å². The maximum atomic E-state index is 6.49. The van der Waals surface area contributed by atoms with E-state index in [1.165, 1.54) is 19.3 Å². The molecule has 1 saturated carbocycles. The molecule has 1 aliphatic carbocycles. The SMILES string of the molecule is Cc1nnc(CC2(N)CCCCC2)n1C(C)C. The molecule has 2 rings (SSSR count). The highest BCUT2D eigenvalue weighted by atomic mass is 15.3. The summed E-state index contributed by atoms with van der Waals surface area (Å²) < 4.78 is 2.21. The van der Waals surface area contributed by atoms with E-state index in [-0.39, 0.29) is 5.54 Å². The van der Waals surface area contributed by atoms with Crippen molar-refractivity contribution in [3.05, 3.63) is 11.6 Å². The number of hydrogen-bond acceptors (Lipinski definition) is 3. The summed E-state index contributed by atoms with van der Waals surface area (Å²) in [5, 5.41) is 8.50. The third-order valence-corrected chi connectivity index (χ3v) is 3.81. The molecule has 0 saturated heterocycles. The second kappa shape index (κ2) is 4.77. The van der Waals surface area contributed by atoms with Crippen molar-refractivity contribution in [2.24, 2.45) is 5.73 Å². The first-order valence-electron chi connectivity index (χ1n) is 6.71. The fraction of sp³-hybridized carbons (Fsp3) is 0.846. The minimum Gasteiger partial charge on any atom is -0.325 e. The number of aryl methyl sites for hydroxylation is 1. The molecular weight excluding hydrogens is 212 g/mol. The molecule has 0 radical (unpaired) electrons. The van der Waals surface area contributed by atoms with E-state index in [1.807, 2.05) is 6.92 Å². The summed E-state index contributed by atoms with van der Waals surface area (Å²) in [4.78, 5) is 0. The van der Waals surface area contributed by atoms with Gasteiger partial charge in [-0.15, -0.1) is 10.2 Å². The molecule has 17 heavy (non-hydrogen) atoms.